The Kier molecular flexibility index (Phi) is 4.35. The molecule has 0 saturated heterocycles. The molecule has 1 aliphatic carbocycles. The minimum Gasteiger partial charge on any atom is -0.373 e. The van der Waals surface area contributed by atoms with E-state index < -0.39 is 0 Å². The fourth-order valence-electron chi connectivity index (χ4n) is 2.54. The van der Waals surface area contributed by atoms with E-state index in [2.05, 4.69) is 17.1 Å². The number of nitrogens with two attached hydrogens (primary N) is 1. The fourth-order valence-corrected chi connectivity index (χ4v) is 2.54. The molecule has 0 spiro atoms. The van der Waals surface area contributed by atoms with Crippen LogP contribution < -0.4 is 5.73 Å². The summed E-state index contributed by atoms with van der Waals surface area (Å²) in [7, 11) is 1.68. The lowest BCUT2D eigenvalue weighted by atomic mass is 9.67. The van der Waals surface area contributed by atoms with Gasteiger partial charge in [-0.05, 0) is 31.2 Å². The third-order valence-electron chi connectivity index (χ3n) is 3.98. The van der Waals surface area contributed by atoms with Crippen molar-refractivity contribution >= 4 is 0 Å². The molecule has 1 unspecified atom stereocenters. The molecule has 0 aromatic carbocycles. The first-order valence-corrected chi connectivity index (χ1v) is 6.78. The summed E-state index contributed by atoms with van der Waals surface area (Å²) in [4.78, 5) is 4.46. The van der Waals surface area contributed by atoms with Gasteiger partial charge in [-0.15, -0.1) is 0 Å². The molecule has 2 N–H and O–H groups in total. The molecule has 2 rings (SSSR count). The lowest BCUT2D eigenvalue weighted by Crippen LogP contribution is -2.39. The van der Waals surface area contributed by atoms with Gasteiger partial charge in [0.1, 0.15) is 6.10 Å². The normalized spacial score (nSPS) is 19.5. The molecule has 18 heavy (non-hydrogen) atoms. The van der Waals surface area contributed by atoms with Crippen molar-refractivity contribution in [3.8, 4) is 0 Å². The van der Waals surface area contributed by atoms with Crippen LogP contribution >= 0.6 is 0 Å². The van der Waals surface area contributed by atoms with Crippen LogP contribution in [0.15, 0.2) is 4.52 Å². The lowest BCUT2D eigenvalue weighted by molar-refractivity contribution is 0.0854. The average molecular weight is 253 g/mol. The summed E-state index contributed by atoms with van der Waals surface area (Å²) in [5.41, 5.74) is 6.05. The fraction of sp³-hybridized carbons (Fsp3) is 0.846. The number of aromatic nitrogens is 2. The minimum atomic E-state index is -0.0530. The number of methoxy groups -OCH3 is 1. The Labute approximate surface area is 108 Å². The predicted octanol–water partition coefficient (Wildman–Crippen LogP) is 2.23. The predicted molar refractivity (Wildman–Crippen MR) is 68.0 cm³/mol. The van der Waals surface area contributed by atoms with E-state index in [-0.39, 0.29) is 11.5 Å². The Morgan fingerprint density at radius 3 is 2.78 bits per heavy atom. The molecule has 1 fully saturated rings. The van der Waals surface area contributed by atoms with Gasteiger partial charge in [0.05, 0.1) is 0 Å². The van der Waals surface area contributed by atoms with Crippen molar-refractivity contribution < 1.29 is 9.26 Å². The highest BCUT2D eigenvalue weighted by Gasteiger charge is 2.37. The summed E-state index contributed by atoms with van der Waals surface area (Å²) in [6.07, 6.45) is 6.30. The van der Waals surface area contributed by atoms with Gasteiger partial charge in [-0.25, -0.2) is 0 Å². The molecular weight excluding hydrogens is 230 g/mol. The highest BCUT2D eigenvalue weighted by molar-refractivity contribution is 4.99. The molecule has 1 aliphatic rings. The Morgan fingerprint density at radius 2 is 2.28 bits per heavy atom. The van der Waals surface area contributed by atoms with Crippen molar-refractivity contribution in [3.63, 3.8) is 0 Å². The second kappa shape index (κ2) is 5.80. The van der Waals surface area contributed by atoms with Crippen molar-refractivity contribution in [3.05, 3.63) is 11.7 Å². The first-order chi connectivity index (χ1) is 8.73. The maximum absolute atomic E-state index is 5.84. The van der Waals surface area contributed by atoms with Gasteiger partial charge in [0.2, 0.25) is 11.7 Å². The topological polar surface area (TPSA) is 74.2 Å². The lowest BCUT2D eigenvalue weighted by Gasteiger charge is -2.39. The second-order valence-corrected chi connectivity index (χ2v) is 5.29. The molecule has 5 heteroatoms. The Balaban J connectivity index is 2.01. The Bertz CT molecular complexity index is 369. The number of rotatable bonds is 7. The van der Waals surface area contributed by atoms with Gasteiger partial charge in [-0.3, -0.25) is 0 Å². The minimum absolute atomic E-state index is 0.0530. The molecule has 0 aliphatic heterocycles. The van der Waals surface area contributed by atoms with Gasteiger partial charge in [-0.1, -0.05) is 24.9 Å². The molecule has 0 amide bonds. The first kappa shape index (κ1) is 13.5. The second-order valence-electron chi connectivity index (χ2n) is 5.29. The van der Waals surface area contributed by atoms with Crippen LogP contribution in [0, 0.1) is 5.41 Å². The van der Waals surface area contributed by atoms with E-state index in [0.29, 0.717) is 18.3 Å². The molecule has 1 heterocycles. The summed E-state index contributed by atoms with van der Waals surface area (Å²) in [5, 5.41) is 4.03. The molecule has 0 bridgehead atoms. The van der Waals surface area contributed by atoms with Crippen LogP contribution in [0.1, 0.15) is 56.8 Å². The zero-order valence-corrected chi connectivity index (χ0v) is 11.3. The molecule has 1 aromatic heterocycles. The van der Waals surface area contributed by atoms with Gasteiger partial charge in [0.25, 0.3) is 0 Å². The summed E-state index contributed by atoms with van der Waals surface area (Å²) >= 11 is 0. The number of ether oxygens (including phenoxy) is 1. The number of nitrogens with zero attached hydrogens (tertiary/aromatic N) is 2. The third-order valence-corrected chi connectivity index (χ3v) is 3.98. The van der Waals surface area contributed by atoms with E-state index in [1.807, 2.05) is 0 Å². The first-order valence-electron chi connectivity index (χ1n) is 6.78. The standard InChI is InChI=1S/C13H23N3O2/c1-3-5-10(17-2)12-15-11(18-16-12)8-13(9-14)6-4-7-13/h10H,3-9,14H2,1-2H3. The van der Waals surface area contributed by atoms with Gasteiger partial charge >= 0.3 is 0 Å². The summed E-state index contributed by atoms with van der Waals surface area (Å²) in [6, 6.07) is 0. The van der Waals surface area contributed by atoms with Crippen LogP contribution in [-0.2, 0) is 11.2 Å². The monoisotopic (exact) mass is 253 g/mol. The van der Waals surface area contributed by atoms with E-state index >= 15 is 0 Å². The Hall–Kier alpha value is -0.940. The van der Waals surface area contributed by atoms with Crippen LogP contribution in [0.2, 0.25) is 0 Å². The zero-order chi connectivity index (χ0) is 13.0. The molecule has 102 valence electrons. The van der Waals surface area contributed by atoms with Crippen LogP contribution in [0.5, 0.6) is 0 Å². The summed E-state index contributed by atoms with van der Waals surface area (Å²) in [5.74, 6) is 1.37. The van der Waals surface area contributed by atoms with Crippen molar-refractivity contribution in [2.24, 2.45) is 11.1 Å². The number of hydrogen-bond acceptors (Lipinski definition) is 5. The van der Waals surface area contributed by atoms with Crippen molar-refractivity contribution in [1.29, 1.82) is 0 Å². The largest absolute Gasteiger partial charge is 0.373 e. The van der Waals surface area contributed by atoms with Crippen molar-refractivity contribution in [1.82, 2.24) is 10.1 Å². The zero-order valence-electron chi connectivity index (χ0n) is 11.3. The van der Waals surface area contributed by atoms with Crippen molar-refractivity contribution in [2.45, 2.75) is 51.6 Å². The highest BCUT2D eigenvalue weighted by Crippen LogP contribution is 2.42. The van der Waals surface area contributed by atoms with Crippen LogP contribution in [0.3, 0.4) is 0 Å². The van der Waals surface area contributed by atoms with E-state index in [0.717, 1.165) is 19.3 Å². The van der Waals surface area contributed by atoms with Gasteiger partial charge in [0, 0.05) is 13.5 Å². The molecule has 1 atom stereocenters. The SMILES string of the molecule is CCCC(OC)c1noc(CC2(CN)CCC2)n1. The van der Waals surface area contributed by atoms with Crippen LogP contribution in [0.4, 0.5) is 0 Å². The third kappa shape index (κ3) is 2.72. The van der Waals surface area contributed by atoms with Crippen LogP contribution in [0.25, 0.3) is 0 Å². The Morgan fingerprint density at radius 1 is 1.50 bits per heavy atom. The maximum atomic E-state index is 5.84. The van der Waals surface area contributed by atoms with Gasteiger partial charge in [0.15, 0.2) is 0 Å². The molecule has 1 saturated carbocycles. The van der Waals surface area contributed by atoms with E-state index in [1.54, 1.807) is 7.11 Å². The number of hydrogen-bond donors (Lipinski definition) is 1. The molecule has 0 radical (unpaired) electrons. The average Bonchev–Trinajstić information content (AvgIpc) is 2.79. The smallest absolute Gasteiger partial charge is 0.227 e. The quantitative estimate of drug-likeness (QED) is 0.806. The van der Waals surface area contributed by atoms with Gasteiger partial charge < -0.3 is 15.0 Å². The van der Waals surface area contributed by atoms with Crippen molar-refractivity contribution in [2.75, 3.05) is 13.7 Å². The van der Waals surface area contributed by atoms with Gasteiger partial charge in [-0.2, -0.15) is 4.98 Å². The molecular formula is C13H23N3O2. The van der Waals surface area contributed by atoms with E-state index in [1.165, 1.54) is 19.3 Å². The van der Waals surface area contributed by atoms with E-state index in [9.17, 15) is 0 Å². The summed E-state index contributed by atoms with van der Waals surface area (Å²) < 4.78 is 10.7. The van der Waals surface area contributed by atoms with E-state index in [4.69, 9.17) is 15.0 Å². The molecule has 5 nitrogen and oxygen atoms in total. The highest BCUT2D eigenvalue weighted by atomic mass is 16.5. The van der Waals surface area contributed by atoms with Crippen LogP contribution in [-0.4, -0.2) is 23.8 Å². The molecule has 1 aromatic rings. The summed E-state index contributed by atoms with van der Waals surface area (Å²) in [6.45, 7) is 2.82. The maximum Gasteiger partial charge on any atom is 0.227 e.